The minimum Gasteiger partial charge on any atom is -0.449 e. The number of carbonyl (C=O) groups excluding carboxylic acids is 3. The number of thioether (sulfide) groups is 1. The first kappa shape index (κ1) is 34.4. The summed E-state index contributed by atoms with van der Waals surface area (Å²) in [6.07, 6.45) is -0.855. The van der Waals surface area contributed by atoms with E-state index in [1.807, 2.05) is 75.4 Å². The minimum absolute atomic E-state index is 0.123. The van der Waals surface area contributed by atoms with E-state index in [4.69, 9.17) is 14.2 Å². The van der Waals surface area contributed by atoms with Crippen LogP contribution in [0.2, 0.25) is 0 Å². The van der Waals surface area contributed by atoms with Crippen LogP contribution in [0.3, 0.4) is 0 Å². The van der Waals surface area contributed by atoms with Gasteiger partial charge in [0, 0.05) is 44.6 Å². The van der Waals surface area contributed by atoms with Crippen LogP contribution in [0.5, 0.6) is 0 Å². The van der Waals surface area contributed by atoms with Gasteiger partial charge in [0.05, 0.1) is 18.5 Å². The van der Waals surface area contributed by atoms with Crippen LogP contribution in [0, 0.1) is 6.92 Å². The smallest absolute Gasteiger partial charge is 0.407 e. The Morgan fingerprint density at radius 1 is 1.02 bits per heavy atom. The lowest BCUT2D eigenvalue weighted by atomic mass is 9.97. The van der Waals surface area contributed by atoms with Gasteiger partial charge >= 0.3 is 6.09 Å². The molecule has 0 saturated carbocycles. The Bertz CT molecular complexity index is 1180. The first-order chi connectivity index (χ1) is 20.6. The average Bonchev–Trinajstić information content (AvgIpc) is 3.32. The highest BCUT2D eigenvalue weighted by atomic mass is 32.2. The lowest BCUT2D eigenvalue weighted by Gasteiger charge is -2.33. The van der Waals surface area contributed by atoms with Crippen molar-refractivity contribution < 1.29 is 33.7 Å². The van der Waals surface area contributed by atoms with Crippen molar-refractivity contribution in [2.75, 3.05) is 39.4 Å². The first-order valence-electron chi connectivity index (χ1n) is 14.6. The minimum atomic E-state index is -1.60. The molecule has 2 aromatic carbocycles. The molecule has 236 valence electrons. The van der Waals surface area contributed by atoms with E-state index in [0.717, 1.165) is 23.1 Å². The topological polar surface area (TPSA) is 126 Å². The van der Waals surface area contributed by atoms with Gasteiger partial charge in [-0.15, -0.1) is 11.8 Å². The maximum absolute atomic E-state index is 13.8. The van der Waals surface area contributed by atoms with Gasteiger partial charge in [-0.3, -0.25) is 9.59 Å². The quantitative estimate of drug-likeness (QED) is 0.245. The predicted molar refractivity (Wildman–Crippen MR) is 167 cm³/mol. The Labute approximate surface area is 258 Å². The molecular weight excluding hydrogens is 570 g/mol. The molecule has 3 N–H and O–H groups in total. The van der Waals surface area contributed by atoms with Gasteiger partial charge in [0.1, 0.15) is 6.04 Å². The van der Waals surface area contributed by atoms with Gasteiger partial charge in [0.25, 0.3) is 5.91 Å². The van der Waals surface area contributed by atoms with E-state index in [1.165, 1.54) is 16.7 Å². The molecule has 1 aliphatic rings. The van der Waals surface area contributed by atoms with E-state index < -0.39 is 34.9 Å². The molecule has 1 aliphatic heterocycles. The van der Waals surface area contributed by atoms with Gasteiger partial charge in [-0.25, -0.2) is 4.79 Å². The van der Waals surface area contributed by atoms with Gasteiger partial charge in [-0.05, 0) is 50.3 Å². The van der Waals surface area contributed by atoms with Gasteiger partial charge in [-0.2, -0.15) is 0 Å². The molecular formula is C32H45N3O7S. The van der Waals surface area contributed by atoms with Crippen molar-refractivity contribution in [1.82, 2.24) is 15.5 Å². The van der Waals surface area contributed by atoms with Crippen molar-refractivity contribution in [2.24, 2.45) is 0 Å². The Morgan fingerprint density at radius 3 is 2.40 bits per heavy atom. The van der Waals surface area contributed by atoms with Crippen molar-refractivity contribution in [3.05, 3.63) is 71.3 Å². The van der Waals surface area contributed by atoms with E-state index in [-0.39, 0.29) is 24.8 Å². The highest BCUT2D eigenvalue weighted by Crippen LogP contribution is 2.40. The fourth-order valence-electron chi connectivity index (χ4n) is 4.88. The molecule has 0 spiro atoms. The van der Waals surface area contributed by atoms with Crippen LogP contribution in [-0.2, 0) is 36.8 Å². The maximum Gasteiger partial charge on any atom is 0.407 e. The van der Waals surface area contributed by atoms with Gasteiger partial charge in [-0.1, -0.05) is 54.6 Å². The van der Waals surface area contributed by atoms with Crippen molar-refractivity contribution in [2.45, 2.75) is 69.5 Å². The van der Waals surface area contributed by atoms with Crippen LogP contribution in [0.15, 0.2) is 54.6 Å². The van der Waals surface area contributed by atoms with Crippen molar-refractivity contribution in [1.29, 1.82) is 0 Å². The third-order valence-electron chi connectivity index (χ3n) is 7.33. The van der Waals surface area contributed by atoms with Crippen molar-refractivity contribution in [3.8, 4) is 0 Å². The number of hydrogen-bond donors (Lipinski definition) is 3. The molecule has 11 heteroatoms. The van der Waals surface area contributed by atoms with Gasteiger partial charge in [0.15, 0.2) is 6.10 Å². The molecule has 1 fully saturated rings. The summed E-state index contributed by atoms with van der Waals surface area (Å²) in [5.41, 5.74) is 2.87. The predicted octanol–water partition coefficient (Wildman–Crippen LogP) is 3.43. The Hall–Kier alpha value is -3.12. The lowest BCUT2D eigenvalue weighted by molar-refractivity contribution is -0.147. The molecule has 43 heavy (non-hydrogen) atoms. The number of aryl methyl sites for hydroxylation is 1. The highest BCUT2D eigenvalue weighted by molar-refractivity contribution is 8.00. The van der Waals surface area contributed by atoms with E-state index in [9.17, 15) is 19.5 Å². The molecule has 1 heterocycles. The van der Waals surface area contributed by atoms with Crippen LogP contribution in [0.4, 0.5) is 4.79 Å². The fraction of sp³-hybridized carbons (Fsp3) is 0.531. The summed E-state index contributed by atoms with van der Waals surface area (Å²) in [4.78, 5) is 41.3. The number of hydrogen-bond acceptors (Lipinski definition) is 8. The van der Waals surface area contributed by atoms with Crippen LogP contribution in [0.25, 0.3) is 0 Å². The lowest BCUT2D eigenvalue weighted by Crippen LogP contribution is -2.58. The van der Waals surface area contributed by atoms with E-state index in [1.54, 1.807) is 7.11 Å². The Kier molecular flexibility index (Phi) is 13.8. The number of rotatable bonds is 16. The largest absolute Gasteiger partial charge is 0.449 e. The Morgan fingerprint density at radius 2 is 1.70 bits per heavy atom. The molecule has 10 nitrogen and oxygen atoms in total. The second-order valence-corrected chi connectivity index (χ2v) is 12.7. The molecule has 0 aliphatic carbocycles. The SMILES string of the molecule is COCCCOCCCOC(=O)N[C@@H](Cc1ccccc1)[C@H](O)C(=O)N1CSC(C)(C)[C@H]1C(=O)NCc1ccccc1C. The van der Waals surface area contributed by atoms with E-state index in [0.29, 0.717) is 32.8 Å². The summed E-state index contributed by atoms with van der Waals surface area (Å²) in [5.74, 6) is -0.687. The fourth-order valence-corrected chi connectivity index (χ4v) is 6.02. The monoisotopic (exact) mass is 615 g/mol. The molecule has 0 unspecified atom stereocenters. The number of alkyl carbamates (subject to hydrolysis) is 1. The van der Waals surface area contributed by atoms with Crippen LogP contribution in [-0.4, -0.2) is 90.3 Å². The molecule has 3 amide bonds. The molecule has 2 aromatic rings. The van der Waals surface area contributed by atoms with E-state index >= 15 is 0 Å². The number of aliphatic hydroxyl groups is 1. The molecule has 0 bridgehead atoms. The summed E-state index contributed by atoms with van der Waals surface area (Å²) in [5, 5.41) is 17.0. The van der Waals surface area contributed by atoms with Gasteiger partial charge in [0.2, 0.25) is 5.91 Å². The van der Waals surface area contributed by atoms with Crippen molar-refractivity contribution in [3.63, 3.8) is 0 Å². The molecule has 1 saturated heterocycles. The number of aliphatic hydroxyl groups excluding tert-OH is 1. The van der Waals surface area contributed by atoms with E-state index in [2.05, 4.69) is 10.6 Å². The molecule has 3 atom stereocenters. The number of nitrogens with zero attached hydrogens (tertiary/aromatic N) is 1. The zero-order valence-corrected chi connectivity index (χ0v) is 26.4. The zero-order chi connectivity index (χ0) is 31.2. The summed E-state index contributed by atoms with van der Waals surface area (Å²) >= 11 is 1.47. The normalized spacial score (nSPS) is 17.2. The maximum atomic E-state index is 13.8. The number of amides is 3. The zero-order valence-electron chi connectivity index (χ0n) is 25.5. The standard InChI is InChI=1S/C32H45N3O7S/c1-23-12-8-9-15-25(23)21-33-29(37)28-32(2,3)43-22-35(28)30(38)27(36)26(20-24-13-6-5-7-14-24)34-31(39)42-19-11-18-41-17-10-16-40-4/h5-9,12-15,26-28,36H,10-11,16-22H2,1-4H3,(H,33,37)(H,34,39)/t26-,27-,28+/m0/s1. The summed E-state index contributed by atoms with van der Waals surface area (Å²) in [6.45, 7) is 7.86. The van der Waals surface area contributed by atoms with Crippen molar-refractivity contribution >= 4 is 29.7 Å². The summed E-state index contributed by atoms with van der Waals surface area (Å²) < 4.78 is 15.2. The number of benzene rings is 2. The second kappa shape index (κ2) is 17.2. The molecule has 0 radical (unpaired) electrons. The average molecular weight is 616 g/mol. The number of methoxy groups -OCH3 is 1. The third-order valence-corrected chi connectivity index (χ3v) is 8.71. The number of nitrogens with one attached hydrogen (secondary N) is 2. The van der Waals surface area contributed by atoms with Crippen LogP contribution in [0.1, 0.15) is 43.4 Å². The Balaban J connectivity index is 1.65. The number of carbonyl (C=O) groups is 3. The summed E-state index contributed by atoms with van der Waals surface area (Å²) in [6, 6.07) is 15.3. The van der Waals surface area contributed by atoms with Crippen LogP contribution < -0.4 is 10.6 Å². The van der Waals surface area contributed by atoms with Crippen LogP contribution >= 0.6 is 11.8 Å². The molecule has 0 aromatic heterocycles. The second-order valence-electron chi connectivity index (χ2n) is 11.1. The third kappa shape index (κ3) is 10.5. The number of ether oxygens (including phenoxy) is 3. The molecule has 3 rings (SSSR count). The van der Waals surface area contributed by atoms with Gasteiger partial charge < -0.3 is 34.9 Å². The first-order valence-corrected chi connectivity index (χ1v) is 15.6. The highest BCUT2D eigenvalue weighted by Gasteiger charge is 2.49. The summed E-state index contributed by atoms with van der Waals surface area (Å²) in [7, 11) is 1.63.